The maximum absolute atomic E-state index is 12.4. The first kappa shape index (κ1) is 18.0. The van der Waals surface area contributed by atoms with E-state index in [0.29, 0.717) is 17.7 Å². The molecule has 0 saturated carbocycles. The summed E-state index contributed by atoms with van der Waals surface area (Å²) in [5, 5.41) is 0. The highest BCUT2D eigenvalue weighted by molar-refractivity contribution is 5.89. The third-order valence-corrected chi connectivity index (χ3v) is 4.88. The summed E-state index contributed by atoms with van der Waals surface area (Å²) in [6, 6.07) is 0. The van der Waals surface area contributed by atoms with Gasteiger partial charge in [0.1, 0.15) is 0 Å². The normalized spacial score (nSPS) is 19.7. The summed E-state index contributed by atoms with van der Waals surface area (Å²) >= 11 is 0. The van der Waals surface area contributed by atoms with Gasteiger partial charge in [-0.3, -0.25) is 9.59 Å². The van der Waals surface area contributed by atoms with Gasteiger partial charge in [0.25, 0.3) is 0 Å². The second-order valence-electron chi connectivity index (χ2n) is 8.90. The van der Waals surface area contributed by atoms with Gasteiger partial charge in [0, 0.05) is 44.1 Å². The third kappa shape index (κ3) is 4.82. The Morgan fingerprint density at radius 1 is 1.09 bits per heavy atom. The van der Waals surface area contributed by atoms with Crippen molar-refractivity contribution >= 4 is 11.8 Å². The third-order valence-electron chi connectivity index (χ3n) is 4.88. The van der Waals surface area contributed by atoms with Crippen LogP contribution in [0.25, 0.3) is 0 Å². The first-order valence-corrected chi connectivity index (χ1v) is 8.82. The van der Waals surface area contributed by atoms with Crippen molar-refractivity contribution in [1.29, 1.82) is 0 Å². The summed E-state index contributed by atoms with van der Waals surface area (Å²) in [7, 11) is 0. The molecule has 2 aliphatic rings. The van der Waals surface area contributed by atoms with Gasteiger partial charge in [-0.15, -0.1) is 0 Å². The molecule has 2 fully saturated rings. The summed E-state index contributed by atoms with van der Waals surface area (Å²) in [6.45, 7) is 13.8. The molecule has 1 spiro atoms. The van der Waals surface area contributed by atoms with Crippen LogP contribution in [0.2, 0.25) is 0 Å². The zero-order valence-electron chi connectivity index (χ0n) is 15.4. The summed E-state index contributed by atoms with van der Waals surface area (Å²) in [4.78, 5) is 28.3. The molecule has 4 heteroatoms. The Morgan fingerprint density at radius 3 is 2.26 bits per heavy atom. The summed E-state index contributed by atoms with van der Waals surface area (Å²) in [5.41, 5.74) is 1.51. The van der Waals surface area contributed by atoms with Gasteiger partial charge in [-0.25, -0.2) is 0 Å². The predicted molar refractivity (Wildman–Crippen MR) is 92.9 cm³/mol. The van der Waals surface area contributed by atoms with Crippen LogP contribution in [0, 0.1) is 10.8 Å². The minimum absolute atomic E-state index is 0.116. The number of nitrogens with zero attached hydrogens (tertiary/aromatic N) is 2. The fourth-order valence-electron chi connectivity index (χ4n) is 3.59. The van der Waals surface area contributed by atoms with Gasteiger partial charge in [0.05, 0.1) is 0 Å². The fraction of sp³-hybridized carbons (Fsp3) is 0.789. The smallest absolute Gasteiger partial charge is 0.246 e. The van der Waals surface area contributed by atoms with E-state index in [1.165, 1.54) is 0 Å². The average molecular weight is 320 g/mol. The minimum Gasteiger partial charge on any atom is -0.342 e. The van der Waals surface area contributed by atoms with Gasteiger partial charge >= 0.3 is 0 Å². The van der Waals surface area contributed by atoms with Crippen molar-refractivity contribution in [3.05, 3.63) is 11.6 Å². The molecule has 2 amide bonds. The van der Waals surface area contributed by atoms with E-state index in [4.69, 9.17) is 0 Å². The van der Waals surface area contributed by atoms with Crippen LogP contribution in [-0.2, 0) is 9.59 Å². The van der Waals surface area contributed by atoms with E-state index in [1.807, 2.05) is 23.6 Å². The fourth-order valence-corrected chi connectivity index (χ4v) is 3.59. The van der Waals surface area contributed by atoms with E-state index in [-0.39, 0.29) is 11.3 Å². The Kier molecular flexibility index (Phi) is 5.22. The Morgan fingerprint density at radius 2 is 1.70 bits per heavy atom. The summed E-state index contributed by atoms with van der Waals surface area (Å²) in [6.07, 6.45) is 5.46. The molecule has 0 aliphatic carbocycles. The highest BCUT2D eigenvalue weighted by Gasteiger charge is 2.49. The standard InChI is InChI=1S/C19H32N2O2/c1-15(2)11-17(23)21-13-19(14-21)9-10-20(12-19)16(22)7-6-8-18(3,4)5/h11H,6-10,12-14H2,1-5H3. The van der Waals surface area contributed by atoms with Gasteiger partial charge in [-0.05, 0) is 38.5 Å². The van der Waals surface area contributed by atoms with Crippen molar-refractivity contribution in [1.82, 2.24) is 9.80 Å². The zero-order chi connectivity index (χ0) is 17.3. The molecule has 0 atom stereocenters. The van der Waals surface area contributed by atoms with E-state index in [2.05, 4.69) is 20.8 Å². The van der Waals surface area contributed by atoms with E-state index in [0.717, 1.165) is 51.0 Å². The highest BCUT2D eigenvalue weighted by Crippen LogP contribution is 2.40. The number of likely N-dealkylation sites (tertiary alicyclic amines) is 2. The lowest BCUT2D eigenvalue weighted by Crippen LogP contribution is -2.59. The Hall–Kier alpha value is -1.32. The van der Waals surface area contributed by atoms with Gasteiger partial charge < -0.3 is 9.80 Å². The Labute approximate surface area is 140 Å². The molecular formula is C19H32N2O2. The van der Waals surface area contributed by atoms with Crippen LogP contribution in [0.3, 0.4) is 0 Å². The number of hydrogen-bond acceptors (Lipinski definition) is 2. The lowest BCUT2D eigenvalue weighted by atomic mass is 9.79. The molecule has 2 aliphatic heterocycles. The van der Waals surface area contributed by atoms with Crippen molar-refractivity contribution in [2.45, 2.75) is 60.3 Å². The minimum atomic E-state index is 0.116. The van der Waals surface area contributed by atoms with Crippen molar-refractivity contribution in [2.24, 2.45) is 10.8 Å². The number of hydrogen-bond donors (Lipinski definition) is 0. The van der Waals surface area contributed by atoms with Crippen molar-refractivity contribution in [3.8, 4) is 0 Å². The van der Waals surface area contributed by atoms with Crippen LogP contribution < -0.4 is 0 Å². The molecule has 0 bridgehead atoms. The van der Waals surface area contributed by atoms with Crippen molar-refractivity contribution in [2.75, 3.05) is 26.2 Å². The van der Waals surface area contributed by atoms with Crippen LogP contribution in [0.15, 0.2) is 11.6 Å². The largest absolute Gasteiger partial charge is 0.342 e. The molecule has 0 aromatic heterocycles. The van der Waals surface area contributed by atoms with E-state index >= 15 is 0 Å². The Balaban J connectivity index is 1.76. The molecule has 2 heterocycles. The second-order valence-corrected chi connectivity index (χ2v) is 8.90. The number of rotatable bonds is 4. The van der Waals surface area contributed by atoms with Crippen LogP contribution in [-0.4, -0.2) is 47.8 Å². The molecule has 4 nitrogen and oxygen atoms in total. The molecule has 0 unspecified atom stereocenters. The van der Waals surface area contributed by atoms with Crippen molar-refractivity contribution < 1.29 is 9.59 Å². The van der Waals surface area contributed by atoms with E-state index in [9.17, 15) is 9.59 Å². The lowest BCUT2D eigenvalue weighted by Gasteiger charge is -2.47. The molecule has 0 aromatic rings. The SMILES string of the molecule is CC(C)=CC(=O)N1CC2(CCN(C(=O)CCCC(C)(C)C)C2)C1. The van der Waals surface area contributed by atoms with Crippen LogP contribution >= 0.6 is 0 Å². The van der Waals surface area contributed by atoms with Gasteiger partial charge in [-0.1, -0.05) is 26.3 Å². The maximum atomic E-state index is 12.4. The number of carbonyl (C=O) groups excluding carboxylic acids is 2. The van der Waals surface area contributed by atoms with Gasteiger partial charge in [0.2, 0.25) is 11.8 Å². The first-order chi connectivity index (χ1) is 10.6. The molecule has 23 heavy (non-hydrogen) atoms. The van der Waals surface area contributed by atoms with E-state index < -0.39 is 0 Å². The number of allylic oxidation sites excluding steroid dienone is 1. The van der Waals surface area contributed by atoms with E-state index in [1.54, 1.807) is 6.08 Å². The predicted octanol–water partition coefficient (Wildman–Crippen LogP) is 3.23. The van der Waals surface area contributed by atoms with Crippen LogP contribution in [0.4, 0.5) is 0 Å². The average Bonchev–Trinajstić information content (AvgIpc) is 2.79. The number of carbonyl (C=O) groups is 2. The topological polar surface area (TPSA) is 40.6 Å². The molecule has 0 N–H and O–H groups in total. The molecule has 130 valence electrons. The molecule has 2 saturated heterocycles. The second kappa shape index (κ2) is 6.66. The maximum Gasteiger partial charge on any atom is 0.246 e. The Bertz CT molecular complexity index is 492. The van der Waals surface area contributed by atoms with Crippen molar-refractivity contribution in [3.63, 3.8) is 0 Å². The first-order valence-electron chi connectivity index (χ1n) is 8.82. The molecule has 2 rings (SSSR count). The lowest BCUT2D eigenvalue weighted by molar-refractivity contribution is -0.138. The highest BCUT2D eigenvalue weighted by atomic mass is 16.2. The van der Waals surface area contributed by atoms with Crippen LogP contribution in [0.5, 0.6) is 0 Å². The van der Waals surface area contributed by atoms with Gasteiger partial charge in [0.15, 0.2) is 0 Å². The quantitative estimate of drug-likeness (QED) is 0.746. The summed E-state index contributed by atoms with van der Waals surface area (Å²) in [5.74, 6) is 0.408. The number of amides is 2. The molecule has 0 radical (unpaired) electrons. The van der Waals surface area contributed by atoms with Gasteiger partial charge in [-0.2, -0.15) is 0 Å². The van der Waals surface area contributed by atoms with Crippen LogP contribution in [0.1, 0.15) is 60.3 Å². The molecule has 0 aromatic carbocycles. The zero-order valence-corrected chi connectivity index (χ0v) is 15.4. The molecular weight excluding hydrogens is 288 g/mol. The monoisotopic (exact) mass is 320 g/mol. The summed E-state index contributed by atoms with van der Waals surface area (Å²) < 4.78 is 0.